The molecule has 4 heterocycles. The Morgan fingerprint density at radius 1 is 1.11 bits per heavy atom. The van der Waals surface area contributed by atoms with Gasteiger partial charge in [-0.1, -0.05) is 36.7 Å². The van der Waals surface area contributed by atoms with Crippen molar-refractivity contribution < 1.29 is 32.7 Å². The normalized spacial score (nSPS) is 29.8. The number of hydrogen-bond acceptors (Lipinski definition) is 11. The Morgan fingerprint density at radius 3 is 2.66 bits per heavy atom. The molecular formula is C46H60ClN7O7S. The molecule has 1 spiro atoms. The maximum Gasteiger partial charge on any atom is 0.285 e. The molecule has 3 aliphatic heterocycles. The van der Waals surface area contributed by atoms with Gasteiger partial charge in [0.25, 0.3) is 11.8 Å². The second kappa shape index (κ2) is 18.5. The number of amides is 2. The minimum Gasteiger partial charge on any atom is -0.490 e. The van der Waals surface area contributed by atoms with E-state index in [1.54, 1.807) is 20.2 Å². The molecule has 2 bridgehead atoms. The number of hydrogen-bond donors (Lipinski definition) is 0. The molecule has 0 N–H and O–H groups in total. The molecule has 2 amide bonds. The summed E-state index contributed by atoms with van der Waals surface area (Å²) in [5.41, 5.74) is 4.40. The number of aliphatic imine (C=N–C) groups is 1. The average Bonchev–Trinajstić information content (AvgIpc) is 3.53. The monoisotopic (exact) mass is 889 g/mol. The van der Waals surface area contributed by atoms with Crippen molar-refractivity contribution in [2.45, 2.75) is 62.7 Å². The number of carbonyl (C=O) groups excluding carboxylic acids is 2. The van der Waals surface area contributed by atoms with Crippen molar-refractivity contribution in [3.05, 3.63) is 82.0 Å². The summed E-state index contributed by atoms with van der Waals surface area (Å²) in [7, 11) is 5.41. The smallest absolute Gasteiger partial charge is 0.285 e. The first-order valence-corrected chi connectivity index (χ1v) is 23.9. The van der Waals surface area contributed by atoms with Crippen molar-refractivity contribution in [3.63, 3.8) is 0 Å². The number of anilines is 1. The zero-order valence-corrected chi connectivity index (χ0v) is 38.3. The zero-order chi connectivity index (χ0) is 43.8. The minimum atomic E-state index is -3.62. The predicted molar refractivity (Wildman–Crippen MR) is 242 cm³/mol. The fraction of sp³-hybridized carbons (Fsp3) is 0.565. The Labute approximate surface area is 370 Å². The molecule has 2 fully saturated rings. The van der Waals surface area contributed by atoms with Gasteiger partial charge >= 0.3 is 0 Å². The quantitative estimate of drug-likeness (QED) is 0.144. The first-order chi connectivity index (χ1) is 29.8. The van der Waals surface area contributed by atoms with E-state index < -0.39 is 33.6 Å². The molecule has 0 radical (unpaired) electrons. The van der Waals surface area contributed by atoms with E-state index in [-0.39, 0.29) is 40.2 Å². The standard InChI is InChI=1S/C46H60ClN7O7S/c1-30-26-62(57,29-48-44(56)37-25-52(4)49-45(37)59-6)50-43(55)32-10-14-42-39(21-32)54(27-46(28-61-42)17-7-8-31-20-34(47)11-13-38(31)46)22-33-9-12-36(33)41(58-5)16-15-40(30)60-19-18-53-23-35(24-53)51(2)3/h10-11,13-16,20-21,25,29-30,33,35-36,40-41H,7-9,12,17-19,22-24,26-28H2,1-6H3/b16-15+,48-29?/t30-,33+,36-,40+,41+,46+,62?/m1/s1. The van der Waals surface area contributed by atoms with Crippen LogP contribution in [-0.2, 0) is 38.1 Å². The topological polar surface area (TPSA) is 140 Å². The Balaban J connectivity index is 1.17. The van der Waals surface area contributed by atoms with Crippen LogP contribution in [0.1, 0.15) is 64.4 Å². The summed E-state index contributed by atoms with van der Waals surface area (Å²) in [5, 5.41) is 4.89. The number of likely N-dealkylation sites (tertiary alicyclic amines) is 1. The van der Waals surface area contributed by atoms with Crippen molar-refractivity contribution in [1.82, 2.24) is 19.6 Å². The van der Waals surface area contributed by atoms with E-state index in [0.29, 0.717) is 37.5 Å². The molecule has 2 aliphatic carbocycles. The molecule has 14 nitrogen and oxygen atoms in total. The Morgan fingerprint density at radius 2 is 1.92 bits per heavy atom. The molecule has 3 aromatic rings. The van der Waals surface area contributed by atoms with Crippen LogP contribution in [0, 0.1) is 17.8 Å². The van der Waals surface area contributed by atoms with E-state index in [4.69, 9.17) is 30.5 Å². The van der Waals surface area contributed by atoms with Crippen LogP contribution in [0.25, 0.3) is 0 Å². The lowest BCUT2D eigenvalue weighted by atomic mass is 9.68. The molecule has 7 atom stereocenters. The van der Waals surface area contributed by atoms with Crippen molar-refractivity contribution in [2.24, 2.45) is 34.2 Å². The first-order valence-electron chi connectivity index (χ1n) is 21.7. The van der Waals surface area contributed by atoms with Crippen LogP contribution in [0.5, 0.6) is 11.6 Å². The van der Waals surface area contributed by atoms with Gasteiger partial charge in [0.05, 0.1) is 47.9 Å². The van der Waals surface area contributed by atoms with Crippen LogP contribution in [-0.4, -0.2) is 139 Å². The number of aromatic nitrogens is 2. The summed E-state index contributed by atoms with van der Waals surface area (Å²) in [6.07, 6.45) is 9.91. The number of likely N-dealkylation sites (N-methyl/N-ethyl adjacent to an activating group) is 1. The van der Waals surface area contributed by atoms with Gasteiger partial charge in [-0.3, -0.25) is 19.2 Å². The highest BCUT2D eigenvalue weighted by Gasteiger charge is 2.44. The maximum atomic E-state index is 15.1. The third kappa shape index (κ3) is 9.39. The number of aryl methyl sites for hydroxylation is 2. The number of fused-ring (bicyclic) bond motifs is 4. The number of rotatable bonds is 9. The van der Waals surface area contributed by atoms with Gasteiger partial charge < -0.3 is 28.7 Å². The summed E-state index contributed by atoms with van der Waals surface area (Å²) < 4.78 is 45.8. The number of ether oxygens (including phenoxy) is 4. The molecule has 8 rings (SSSR count). The molecule has 1 unspecified atom stereocenters. The van der Waals surface area contributed by atoms with Crippen LogP contribution < -0.4 is 14.4 Å². The van der Waals surface area contributed by atoms with Crippen molar-refractivity contribution in [2.75, 3.05) is 84.9 Å². The van der Waals surface area contributed by atoms with Gasteiger partial charge in [0.1, 0.15) is 16.9 Å². The SMILES string of the molecule is COc1nn(C)cc1C(=O)N=CS1(=O)=NC(=O)c2ccc3c(c2)N(C[C@@H]2CC[C@H]2[C@@H](OC)/C=C/[C@H](OCCN2CC(N(C)C)C2)[C@H](C)C1)C[C@@]1(CCCc2cc(Cl)ccc21)CO3. The molecule has 5 aliphatic rings. The van der Waals surface area contributed by atoms with Gasteiger partial charge in [-0.2, -0.15) is 4.36 Å². The number of carbonyl (C=O) groups is 2. The number of halogens is 1. The van der Waals surface area contributed by atoms with Gasteiger partial charge in [0.2, 0.25) is 5.88 Å². The second-order valence-electron chi connectivity index (χ2n) is 18.1. The van der Waals surface area contributed by atoms with Gasteiger partial charge in [0.15, 0.2) is 0 Å². The molecule has 334 valence electrons. The molecular weight excluding hydrogens is 830 g/mol. The Bertz CT molecular complexity index is 2340. The van der Waals surface area contributed by atoms with E-state index in [1.165, 1.54) is 29.1 Å². The largest absolute Gasteiger partial charge is 0.490 e. The second-order valence-corrected chi connectivity index (χ2v) is 20.6. The van der Waals surface area contributed by atoms with Crippen LogP contribution in [0.3, 0.4) is 0 Å². The lowest BCUT2D eigenvalue weighted by Gasteiger charge is -2.46. The van der Waals surface area contributed by atoms with E-state index in [1.807, 2.05) is 31.2 Å². The molecule has 62 heavy (non-hydrogen) atoms. The van der Waals surface area contributed by atoms with Gasteiger partial charge in [-0.25, -0.2) is 9.20 Å². The zero-order valence-electron chi connectivity index (χ0n) is 36.7. The van der Waals surface area contributed by atoms with E-state index in [9.17, 15) is 9.59 Å². The molecule has 1 saturated heterocycles. The van der Waals surface area contributed by atoms with Crippen molar-refractivity contribution in [1.29, 1.82) is 0 Å². The summed E-state index contributed by atoms with van der Waals surface area (Å²) in [6.45, 7) is 6.97. The Hall–Kier alpha value is -4.12. The fourth-order valence-electron chi connectivity index (χ4n) is 9.91. The van der Waals surface area contributed by atoms with Crippen molar-refractivity contribution in [3.8, 4) is 11.6 Å². The molecule has 2 aromatic carbocycles. The predicted octanol–water partition coefficient (Wildman–Crippen LogP) is 5.91. The van der Waals surface area contributed by atoms with Crippen LogP contribution in [0.4, 0.5) is 5.69 Å². The van der Waals surface area contributed by atoms with Crippen LogP contribution in [0.2, 0.25) is 5.02 Å². The number of nitrogens with zero attached hydrogens (tertiary/aromatic N) is 7. The van der Waals surface area contributed by atoms with Crippen molar-refractivity contribution >= 4 is 44.4 Å². The third-order valence-corrected chi connectivity index (χ3v) is 15.8. The maximum absolute atomic E-state index is 15.1. The summed E-state index contributed by atoms with van der Waals surface area (Å²) in [5.74, 6) is -0.559. The summed E-state index contributed by atoms with van der Waals surface area (Å²) >= 11 is 6.51. The number of methoxy groups -OCH3 is 2. The third-order valence-electron chi connectivity index (χ3n) is 13.6. The van der Waals surface area contributed by atoms with E-state index in [2.05, 4.69) is 61.5 Å². The summed E-state index contributed by atoms with van der Waals surface area (Å²) in [6, 6.07) is 12.1. The Kier molecular flexibility index (Phi) is 13.3. The number of benzene rings is 2. The van der Waals surface area contributed by atoms with Gasteiger partial charge in [-0.15, -0.1) is 5.10 Å². The highest BCUT2D eigenvalue weighted by molar-refractivity contribution is 8.06. The molecule has 16 heteroatoms. The first kappa shape index (κ1) is 44.5. The van der Waals surface area contributed by atoms with Crippen LogP contribution >= 0.6 is 11.6 Å². The highest BCUT2D eigenvalue weighted by Crippen LogP contribution is 2.47. The van der Waals surface area contributed by atoms with Gasteiger partial charge in [-0.05, 0) is 105 Å². The summed E-state index contributed by atoms with van der Waals surface area (Å²) in [4.78, 5) is 39.0. The van der Waals surface area contributed by atoms with Crippen LogP contribution in [0.15, 0.2) is 64.1 Å². The van der Waals surface area contributed by atoms with E-state index >= 15 is 4.21 Å². The average molecular weight is 891 g/mol. The molecule has 1 saturated carbocycles. The van der Waals surface area contributed by atoms with E-state index in [0.717, 1.165) is 74.5 Å². The molecule has 1 aromatic heterocycles. The highest BCUT2D eigenvalue weighted by atomic mass is 35.5. The lowest BCUT2D eigenvalue weighted by Crippen LogP contribution is -2.57. The van der Waals surface area contributed by atoms with Gasteiger partial charge in [0, 0.05) is 80.9 Å². The minimum absolute atomic E-state index is 0.0853. The lowest BCUT2D eigenvalue weighted by molar-refractivity contribution is 0.000483. The fourth-order valence-corrected chi connectivity index (χ4v) is 11.9.